The lowest BCUT2D eigenvalue weighted by Crippen LogP contribution is -2.32. The van der Waals surface area contributed by atoms with Crippen LogP contribution >= 0.6 is 0 Å². The molecule has 6 rings (SSSR count). The molecule has 0 unspecified atom stereocenters. The van der Waals surface area contributed by atoms with Gasteiger partial charge in [-0.1, -0.05) is 5.16 Å². The average molecular weight is 488 g/mol. The summed E-state index contributed by atoms with van der Waals surface area (Å²) in [5, 5.41) is 16.5. The highest BCUT2D eigenvalue weighted by Crippen LogP contribution is 2.44. The van der Waals surface area contributed by atoms with Crippen LogP contribution in [0, 0.1) is 25.5 Å². The van der Waals surface area contributed by atoms with Crippen LogP contribution in [0.4, 0.5) is 8.78 Å². The van der Waals surface area contributed by atoms with Crippen LogP contribution in [0.1, 0.15) is 53.0 Å². The number of aromatic nitrogens is 5. The summed E-state index contributed by atoms with van der Waals surface area (Å²) >= 11 is 0. The van der Waals surface area contributed by atoms with E-state index in [2.05, 4.69) is 15.1 Å². The highest BCUT2D eigenvalue weighted by Gasteiger charge is 2.41. The molecule has 1 fully saturated rings. The van der Waals surface area contributed by atoms with Crippen molar-refractivity contribution < 1.29 is 18.4 Å². The maximum atomic E-state index is 13.8. The molecule has 8 nitrogen and oxygen atoms in total. The molecule has 0 radical (unpaired) electrons. The number of imidazole rings is 1. The predicted octanol–water partition coefficient (Wildman–Crippen LogP) is 4.25. The Morgan fingerprint density at radius 2 is 1.67 bits per heavy atom. The molecule has 182 valence electrons. The summed E-state index contributed by atoms with van der Waals surface area (Å²) in [4.78, 5) is 13.2. The molecule has 0 saturated heterocycles. The van der Waals surface area contributed by atoms with E-state index in [-0.39, 0.29) is 17.3 Å². The van der Waals surface area contributed by atoms with Crippen molar-refractivity contribution in [2.24, 2.45) is 0 Å². The van der Waals surface area contributed by atoms with Crippen LogP contribution in [0.5, 0.6) is 0 Å². The molecule has 36 heavy (non-hydrogen) atoms. The summed E-state index contributed by atoms with van der Waals surface area (Å²) in [5.41, 5.74) is 1.61. The van der Waals surface area contributed by atoms with Gasteiger partial charge in [-0.3, -0.25) is 9.97 Å². The number of hydrogen-bond donors (Lipinski definition) is 2. The van der Waals surface area contributed by atoms with Crippen LogP contribution in [0.25, 0.3) is 22.2 Å². The van der Waals surface area contributed by atoms with E-state index in [9.17, 15) is 13.9 Å². The van der Waals surface area contributed by atoms with Crippen LogP contribution in [0.15, 0.2) is 53.3 Å². The molecule has 0 amide bonds. The summed E-state index contributed by atoms with van der Waals surface area (Å²) in [6.07, 6.45) is 3.96. The lowest BCUT2D eigenvalue weighted by Gasteiger charge is -2.28. The number of benzene rings is 1. The lowest BCUT2D eigenvalue weighted by molar-refractivity contribution is 0.117. The van der Waals surface area contributed by atoms with E-state index in [0.29, 0.717) is 39.4 Å². The normalized spacial score (nSPS) is 14.0. The van der Waals surface area contributed by atoms with Gasteiger partial charge in [0.2, 0.25) is 0 Å². The Hall–Kier alpha value is -4.18. The maximum Gasteiger partial charge on any atom is 0.176 e. The second kappa shape index (κ2) is 7.92. The SMILES string of the molecule is Cc1noc(C)c1-c1cc(C(O)(c2ccc(F)cn2)c2ccc(F)cn2)c2nc(C3CC3)n(N)c2c1. The molecule has 0 atom stereocenters. The van der Waals surface area contributed by atoms with Crippen LogP contribution < -0.4 is 5.84 Å². The first kappa shape index (κ1) is 22.3. The number of aliphatic hydroxyl groups is 1. The highest BCUT2D eigenvalue weighted by atomic mass is 19.1. The number of halogens is 2. The first-order chi connectivity index (χ1) is 17.3. The molecule has 5 aromatic rings. The third-order valence-corrected chi connectivity index (χ3v) is 6.67. The Labute approximate surface area is 204 Å². The van der Waals surface area contributed by atoms with Gasteiger partial charge in [0.05, 0.1) is 40.5 Å². The summed E-state index contributed by atoms with van der Waals surface area (Å²) in [7, 11) is 0. The molecule has 1 saturated carbocycles. The number of nitrogen functional groups attached to an aromatic ring is 1. The van der Waals surface area contributed by atoms with Crippen LogP contribution in [-0.2, 0) is 5.60 Å². The molecule has 4 aromatic heterocycles. The maximum absolute atomic E-state index is 13.8. The molecule has 0 bridgehead atoms. The number of hydrogen-bond acceptors (Lipinski definition) is 7. The van der Waals surface area contributed by atoms with E-state index >= 15 is 0 Å². The van der Waals surface area contributed by atoms with Crippen LogP contribution in [0.3, 0.4) is 0 Å². The molecular formula is C26H22F2N6O2. The molecule has 1 aliphatic rings. The zero-order valence-electron chi connectivity index (χ0n) is 19.5. The van der Waals surface area contributed by atoms with Gasteiger partial charge in [-0.15, -0.1) is 0 Å². The fourth-order valence-corrected chi connectivity index (χ4v) is 4.74. The van der Waals surface area contributed by atoms with Crippen molar-refractivity contribution in [3.05, 3.63) is 94.7 Å². The third kappa shape index (κ3) is 3.36. The van der Waals surface area contributed by atoms with Crippen molar-refractivity contribution in [3.8, 4) is 11.1 Å². The number of nitrogens with two attached hydrogens (primary N) is 1. The fourth-order valence-electron chi connectivity index (χ4n) is 4.74. The molecule has 0 aliphatic heterocycles. The lowest BCUT2D eigenvalue weighted by atomic mass is 9.83. The quantitative estimate of drug-likeness (QED) is 0.355. The van der Waals surface area contributed by atoms with Gasteiger partial charge in [0, 0.05) is 17.0 Å². The van der Waals surface area contributed by atoms with E-state index < -0.39 is 17.2 Å². The predicted molar refractivity (Wildman–Crippen MR) is 127 cm³/mol. The largest absolute Gasteiger partial charge is 0.373 e. The number of pyridine rings is 2. The second-order valence-electron chi connectivity index (χ2n) is 9.14. The Morgan fingerprint density at radius 3 is 2.17 bits per heavy atom. The zero-order chi connectivity index (χ0) is 25.2. The van der Waals surface area contributed by atoms with Crippen molar-refractivity contribution in [3.63, 3.8) is 0 Å². The van der Waals surface area contributed by atoms with Gasteiger partial charge in [-0.05, 0) is 68.7 Å². The minimum absolute atomic E-state index is 0.0970. The molecule has 4 heterocycles. The Kier molecular flexibility index (Phi) is 4.91. The summed E-state index contributed by atoms with van der Waals surface area (Å²) in [6.45, 7) is 3.62. The van der Waals surface area contributed by atoms with Crippen molar-refractivity contribution in [2.75, 3.05) is 5.84 Å². The van der Waals surface area contributed by atoms with Crippen molar-refractivity contribution in [1.82, 2.24) is 24.8 Å². The monoisotopic (exact) mass is 488 g/mol. The molecule has 0 spiro atoms. The molecule has 10 heteroatoms. The smallest absolute Gasteiger partial charge is 0.176 e. The van der Waals surface area contributed by atoms with Gasteiger partial charge >= 0.3 is 0 Å². The Balaban J connectivity index is 1.72. The van der Waals surface area contributed by atoms with Gasteiger partial charge in [-0.2, -0.15) is 0 Å². The standard InChI is InChI=1S/C26H22F2N6O2/c1-13-23(14(2)36-33-13)16-9-19(24-20(10-16)34(29)25(32-24)15-3-4-15)26(35,21-7-5-17(27)11-30-21)22-8-6-18(28)12-31-22/h5-12,15,35H,3-4,29H2,1-2H3. The summed E-state index contributed by atoms with van der Waals surface area (Å²) < 4.78 is 34.6. The van der Waals surface area contributed by atoms with Crippen molar-refractivity contribution in [2.45, 2.75) is 38.2 Å². The molecular weight excluding hydrogens is 466 g/mol. The number of fused-ring (bicyclic) bond motifs is 1. The summed E-state index contributed by atoms with van der Waals surface area (Å²) in [5.74, 6) is 6.89. The van der Waals surface area contributed by atoms with Crippen LogP contribution in [-0.4, -0.2) is 29.9 Å². The van der Waals surface area contributed by atoms with Gasteiger partial charge in [-0.25, -0.2) is 18.4 Å². The average Bonchev–Trinajstić information content (AvgIpc) is 3.59. The molecule has 3 N–H and O–H groups in total. The van der Waals surface area contributed by atoms with Crippen LogP contribution in [0.2, 0.25) is 0 Å². The van der Waals surface area contributed by atoms with E-state index in [1.165, 1.54) is 28.9 Å². The Morgan fingerprint density at radius 1 is 1.03 bits per heavy atom. The van der Waals surface area contributed by atoms with Gasteiger partial charge in [0.15, 0.2) is 5.60 Å². The zero-order valence-corrected chi connectivity index (χ0v) is 19.5. The van der Waals surface area contributed by atoms with Gasteiger partial charge in [0.25, 0.3) is 0 Å². The Bertz CT molecular complexity index is 1540. The van der Waals surface area contributed by atoms with E-state index in [1.54, 1.807) is 13.0 Å². The molecule has 1 aliphatic carbocycles. The fraction of sp³-hybridized carbons (Fsp3) is 0.231. The molecule has 1 aromatic carbocycles. The highest BCUT2D eigenvalue weighted by molar-refractivity contribution is 5.88. The third-order valence-electron chi connectivity index (χ3n) is 6.67. The van der Waals surface area contributed by atoms with Crippen molar-refractivity contribution in [1.29, 1.82) is 0 Å². The minimum atomic E-state index is -2.01. The first-order valence-electron chi connectivity index (χ1n) is 11.5. The topological polar surface area (TPSA) is 116 Å². The van der Waals surface area contributed by atoms with Gasteiger partial charge in [0.1, 0.15) is 23.2 Å². The van der Waals surface area contributed by atoms with Crippen molar-refractivity contribution >= 4 is 11.0 Å². The second-order valence-corrected chi connectivity index (χ2v) is 9.14. The number of rotatable bonds is 5. The van der Waals surface area contributed by atoms with E-state index in [4.69, 9.17) is 15.3 Å². The minimum Gasteiger partial charge on any atom is -0.373 e. The first-order valence-corrected chi connectivity index (χ1v) is 11.5. The summed E-state index contributed by atoms with van der Waals surface area (Å²) in [6, 6.07) is 8.77. The number of nitrogens with zero attached hydrogens (tertiary/aromatic N) is 5. The number of aryl methyl sites for hydroxylation is 2. The van der Waals surface area contributed by atoms with E-state index in [1.807, 2.05) is 13.0 Å². The van der Waals surface area contributed by atoms with E-state index in [0.717, 1.165) is 30.8 Å². The van der Waals surface area contributed by atoms with Gasteiger partial charge < -0.3 is 15.5 Å².